The first-order valence-electron chi connectivity index (χ1n) is 13.8. The largest absolute Gasteiger partial charge is 0.393 e. The minimum Gasteiger partial charge on any atom is -0.393 e. The van der Waals surface area contributed by atoms with Gasteiger partial charge in [0.05, 0.1) is 10.2 Å². The molecule has 0 bridgehead atoms. The average molecular weight is 498 g/mol. The summed E-state index contributed by atoms with van der Waals surface area (Å²) in [6, 6.07) is 10.1. The summed E-state index contributed by atoms with van der Waals surface area (Å²) in [7, 11) is 2.20. The van der Waals surface area contributed by atoms with Gasteiger partial charge < -0.3 is 10.0 Å². The molecule has 1 N–H and O–H groups in total. The fraction of sp³-hybridized carbons (Fsp3) is 0.733. The van der Waals surface area contributed by atoms with E-state index in [1.54, 1.807) is 5.57 Å². The molecule has 186 valence electrons. The van der Waals surface area contributed by atoms with E-state index in [1.165, 1.54) is 54.9 Å². The van der Waals surface area contributed by atoms with Crippen molar-refractivity contribution in [3.63, 3.8) is 0 Å². The first kappa shape index (κ1) is 23.8. The van der Waals surface area contributed by atoms with Crippen LogP contribution < -0.4 is 4.90 Å². The van der Waals surface area contributed by atoms with Crippen molar-refractivity contribution in [2.75, 3.05) is 23.5 Å². The van der Waals surface area contributed by atoms with Gasteiger partial charge in [0.15, 0.2) is 0 Å². The van der Waals surface area contributed by atoms with Gasteiger partial charge in [0.1, 0.15) is 0 Å². The zero-order valence-electron chi connectivity index (χ0n) is 21.5. The molecular formula is C30H43NOS2. The molecule has 2 nitrogen and oxygen atoms in total. The molecule has 1 saturated heterocycles. The van der Waals surface area contributed by atoms with Gasteiger partial charge >= 0.3 is 0 Å². The Hall–Kier alpha value is -0.580. The standard InChI is InChI=1S/C30H43NOS2/c1-19(2)31(4)22-8-5-20(6-9-22)25-18-29(3)26(11-12-27(29)32)24-10-7-21-17-30(33-15-16-34-30)14-13-23(21)28(24)25/h5-6,8-9,17,19,23-28,32H,7,10-16,18H2,1-4H3. The van der Waals surface area contributed by atoms with Crippen LogP contribution in [0.5, 0.6) is 0 Å². The molecule has 4 fully saturated rings. The molecule has 6 rings (SSSR count). The van der Waals surface area contributed by atoms with E-state index in [4.69, 9.17) is 0 Å². The molecular weight excluding hydrogens is 454 g/mol. The van der Waals surface area contributed by atoms with Crippen molar-refractivity contribution in [3.8, 4) is 0 Å². The molecule has 4 aliphatic carbocycles. The Bertz CT molecular complexity index is 936. The molecule has 0 aromatic heterocycles. The first-order valence-corrected chi connectivity index (χ1v) is 15.8. The van der Waals surface area contributed by atoms with Crippen LogP contribution in [0.4, 0.5) is 5.69 Å². The molecule has 7 atom stereocenters. The van der Waals surface area contributed by atoms with E-state index in [9.17, 15) is 5.11 Å². The minimum absolute atomic E-state index is 0.0908. The number of rotatable bonds is 3. The van der Waals surface area contributed by atoms with Crippen LogP contribution in [0.3, 0.4) is 0 Å². The van der Waals surface area contributed by atoms with Crippen molar-refractivity contribution >= 4 is 29.2 Å². The number of allylic oxidation sites excluding steroid dienone is 1. The molecule has 4 heteroatoms. The van der Waals surface area contributed by atoms with Crippen LogP contribution in [0.25, 0.3) is 0 Å². The molecule has 0 amide bonds. The van der Waals surface area contributed by atoms with Gasteiger partial charge in [0.25, 0.3) is 0 Å². The van der Waals surface area contributed by atoms with Crippen LogP contribution in [-0.4, -0.2) is 39.9 Å². The number of fused-ring (bicyclic) bond motifs is 5. The molecule has 1 heterocycles. The predicted molar refractivity (Wildman–Crippen MR) is 149 cm³/mol. The summed E-state index contributed by atoms with van der Waals surface area (Å²) in [6.45, 7) is 6.95. The third-order valence-electron chi connectivity index (χ3n) is 10.7. The van der Waals surface area contributed by atoms with Crippen molar-refractivity contribution in [1.82, 2.24) is 0 Å². The third kappa shape index (κ3) is 3.72. The maximum atomic E-state index is 11.2. The number of anilines is 1. The lowest BCUT2D eigenvalue weighted by Crippen LogP contribution is -2.51. The van der Waals surface area contributed by atoms with Crippen molar-refractivity contribution in [3.05, 3.63) is 41.5 Å². The smallest absolute Gasteiger partial charge is 0.0794 e. The number of aliphatic hydroxyl groups excluding tert-OH is 1. The van der Waals surface area contributed by atoms with Gasteiger partial charge in [0, 0.05) is 30.3 Å². The molecule has 0 radical (unpaired) electrons. The number of nitrogens with zero attached hydrogens (tertiary/aromatic N) is 1. The van der Waals surface area contributed by atoms with Gasteiger partial charge in [0.2, 0.25) is 0 Å². The van der Waals surface area contributed by atoms with Crippen molar-refractivity contribution < 1.29 is 5.11 Å². The Kier molecular flexibility index (Phi) is 6.14. The number of hydrogen-bond acceptors (Lipinski definition) is 4. The van der Waals surface area contributed by atoms with Gasteiger partial charge in [-0.1, -0.05) is 30.7 Å². The van der Waals surface area contributed by atoms with Gasteiger partial charge in [-0.25, -0.2) is 0 Å². The molecule has 7 unspecified atom stereocenters. The average Bonchev–Trinajstić information content (AvgIpc) is 3.41. The van der Waals surface area contributed by atoms with E-state index in [2.05, 4.69) is 86.6 Å². The summed E-state index contributed by atoms with van der Waals surface area (Å²) in [5, 5.41) is 11.2. The maximum absolute atomic E-state index is 11.2. The van der Waals surface area contributed by atoms with Gasteiger partial charge in [-0.3, -0.25) is 0 Å². The lowest BCUT2D eigenvalue weighted by molar-refractivity contribution is -0.0659. The topological polar surface area (TPSA) is 23.5 Å². The third-order valence-corrected chi connectivity index (χ3v) is 14.1. The highest BCUT2D eigenvalue weighted by atomic mass is 32.2. The van der Waals surface area contributed by atoms with Crippen molar-refractivity contribution in [2.24, 2.45) is 29.1 Å². The summed E-state index contributed by atoms with van der Waals surface area (Å²) >= 11 is 4.44. The summed E-state index contributed by atoms with van der Waals surface area (Å²) in [6.07, 6.45) is 11.4. The zero-order valence-corrected chi connectivity index (χ0v) is 23.1. The van der Waals surface area contributed by atoms with E-state index >= 15 is 0 Å². The number of hydrogen-bond donors (Lipinski definition) is 1. The normalized spacial score (nSPS) is 40.6. The summed E-state index contributed by atoms with van der Waals surface area (Å²) in [5.74, 6) is 6.22. The van der Waals surface area contributed by atoms with Crippen LogP contribution >= 0.6 is 23.5 Å². The fourth-order valence-electron chi connectivity index (χ4n) is 8.71. The van der Waals surface area contributed by atoms with E-state index < -0.39 is 0 Å². The molecule has 1 spiro atoms. The van der Waals surface area contributed by atoms with Crippen LogP contribution in [0.2, 0.25) is 0 Å². The van der Waals surface area contributed by atoms with Crippen molar-refractivity contribution in [1.29, 1.82) is 0 Å². The Labute approximate surface area is 215 Å². The Balaban J connectivity index is 1.37. The summed E-state index contributed by atoms with van der Waals surface area (Å²) in [4.78, 5) is 2.37. The van der Waals surface area contributed by atoms with E-state index in [0.29, 0.717) is 22.0 Å². The molecule has 1 aliphatic heterocycles. The molecule has 3 saturated carbocycles. The van der Waals surface area contributed by atoms with Crippen LogP contribution in [0.1, 0.15) is 77.2 Å². The second-order valence-electron chi connectivity index (χ2n) is 12.5. The van der Waals surface area contributed by atoms with E-state index in [1.807, 2.05) is 0 Å². The van der Waals surface area contributed by atoms with Crippen LogP contribution in [0, 0.1) is 29.1 Å². The van der Waals surface area contributed by atoms with Crippen LogP contribution in [-0.2, 0) is 0 Å². The van der Waals surface area contributed by atoms with Crippen molar-refractivity contribution in [2.45, 2.75) is 87.9 Å². The second-order valence-corrected chi connectivity index (χ2v) is 15.6. The highest BCUT2D eigenvalue weighted by Gasteiger charge is 2.59. The first-order chi connectivity index (χ1) is 16.3. The summed E-state index contributed by atoms with van der Waals surface area (Å²) < 4.78 is 0.393. The maximum Gasteiger partial charge on any atom is 0.0794 e. The van der Waals surface area contributed by atoms with E-state index in [-0.39, 0.29) is 11.5 Å². The highest BCUT2D eigenvalue weighted by molar-refractivity contribution is 8.21. The highest BCUT2D eigenvalue weighted by Crippen LogP contribution is 2.67. The van der Waals surface area contributed by atoms with Gasteiger partial charge in [-0.15, -0.1) is 23.5 Å². The number of thioether (sulfide) groups is 2. The van der Waals surface area contributed by atoms with E-state index in [0.717, 1.165) is 30.6 Å². The molecule has 1 aromatic rings. The molecule has 34 heavy (non-hydrogen) atoms. The molecule has 5 aliphatic rings. The Morgan fingerprint density at radius 3 is 2.44 bits per heavy atom. The lowest BCUT2D eigenvalue weighted by atomic mass is 9.48. The monoisotopic (exact) mass is 497 g/mol. The Morgan fingerprint density at radius 1 is 1.00 bits per heavy atom. The zero-order chi connectivity index (χ0) is 23.7. The van der Waals surface area contributed by atoms with Gasteiger partial charge in [-0.2, -0.15) is 0 Å². The predicted octanol–water partition coefficient (Wildman–Crippen LogP) is 7.33. The molecule has 1 aromatic carbocycles. The number of benzene rings is 1. The second kappa shape index (κ2) is 8.77. The Morgan fingerprint density at radius 2 is 1.74 bits per heavy atom. The summed E-state index contributed by atoms with van der Waals surface area (Å²) in [5.41, 5.74) is 4.74. The number of aliphatic hydroxyl groups is 1. The lowest BCUT2D eigenvalue weighted by Gasteiger charge is -2.57. The van der Waals surface area contributed by atoms with Gasteiger partial charge in [-0.05, 0) is 111 Å². The SMILES string of the molecule is CC(C)N(C)c1ccc(C2CC3(C)C(O)CCC3C3CCC4=CC5(CCC4C23)SCCS5)cc1. The van der Waals surface area contributed by atoms with Crippen LogP contribution in [0.15, 0.2) is 35.9 Å². The fourth-order valence-corrected chi connectivity index (χ4v) is 11.9. The minimum atomic E-state index is -0.120. The quantitative estimate of drug-likeness (QED) is 0.442.